The number of hydrogen-bond donors (Lipinski definition) is 0. The van der Waals surface area contributed by atoms with Crippen LogP contribution in [-0.2, 0) is 6.54 Å². The van der Waals surface area contributed by atoms with Crippen LogP contribution in [0, 0.1) is 6.92 Å². The zero-order chi connectivity index (χ0) is 17.8. The molecule has 0 radical (unpaired) electrons. The Labute approximate surface area is 154 Å². The molecule has 1 aromatic heterocycles. The highest BCUT2D eigenvalue weighted by Crippen LogP contribution is 2.18. The van der Waals surface area contributed by atoms with Crippen LogP contribution in [0.25, 0.3) is 11.1 Å². The van der Waals surface area contributed by atoms with Crippen molar-refractivity contribution < 1.29 is 9.15 Å². The number of ether oxygens (including phenoxy) is 1. The standard InChI is InChI=1S/C21H25N3O2/c1-17-7-8-20-19(15-17)22-21(26-20)16-24-11-9-23(10-12-24)13-14-25-18-5-3-2-4-6-18/h2-8,15H,9-14,16H2,1H3. The largest absolute Gasteiger partial charge is 0.492 e. The minimum absolute atomic E-state index is 0.731. The average Bonchev–Trinajstić information content (AvgIpc) is 3.05. The minimum atomic E-state index is 0.731. The number of aryl methyl sites for hydroxylation is 1. The van der Waals surface area contributed by atoms with Crippen molar-refractivity contribution >= 4 is 11.1 Å². The highest BCUT2D eigenvalue weighted by atomic mass is 16.5. The van der Waals surface area contributed by atoms with Gasteiger partial charge in [0.1, 0.15) is 17.9 Å². The molecule has 0 saturated carbocycles. The Morgan fingerprint density at radius 1 is 1.00 bits per heavy atom. The van der Waals surface area contributed by atoms with Crippen LogP contribution >= 0.6 is 0 Å². The molecule has 3 aromatic rings. The number of piperazine rings is 1. The summed E-state index contributed by atoms with van der Waals surface area (Å²) in [5, 5.41) is 0. The van der Waals surface area contributed by atoms with Gasteiger partial charge < -0.3 is 9.15 Å². The van der Waals surface area contributed by atoms with Crippen LogP contribution in [-0.4, -0.2) is 54.1 Å². The molecule has 5 nitrogen and oxygen atoms in total. The van der Waals surface area contributed by atoms with E-state index >= 15 is 0 Å². The van der Waals surface area contributed by atoms with Crippen molar-refractivity contribution in [3.8, 4) is 5.75 Å². The Hall–Kier alpha value is -2.37. The molecule has 2 aromatic carbocycles. The molecule has 0 aliphatic carbocycles. The predicted octanol–water partition coefficient (Wildman–Crippen LogP) is 3.33. The molecule has 1 aliphatic heterocycles. The molecule has 0 bridgehead atoms. The zero-order valence-electron chi connectivity index (χ0n) is 15.2. The number of oxazole rings is 1. The summed E-state index contributed by atoms with van der Waals surface area (Å²) in [6.07, 6.45) is 0. The normalized spacial score (nSPS) is 16.2. The first kappa shape index (κ1) is 17.1. The summed E-state index contributed by atoms with van der Waals surface area (Å²) in [5.41, 5.74) is 3.04. The summed E-state index contributed by atoms with van der Waals surface area (Å²) in [6.45, 7) is 8.72. The SMILES string of the molecule is Cc1ccc2oc(CN3CCN(CCOc4ccccc4)CC3)nc2c1. The minimum Gasteiger partial charge on any atom is -0.492 e. The molecule has 0 amide bonds. The van der Waals surface area contributed by atoms with Gasteiger partial charge in [0.05, 0.1) is 6.54 Å². The lowest BCUT2D eigenvalue weighted by Gasteiger charge is -2.33. The van der Waals surface area contributed by atoms with E-state index in [1.165, 1.54) is 5.56 Å². The molecule has 2 heterocycles. The predicted molar refractivity (Wildman–Crippen MR) is 102 cm³/mol. The Kier molecular flexibility index (Phi) is 5.18. The van der Waals surface area contributed by atoms with Crippen molar-refractivity contribution in [2.45, 2.75) is 13.5 Å². The van der Waals surface area contributed by atoms with Crippen LogP contribution in [0.5, 0.6) is 5.75 Å². The summed E-state index contributed by atoms with van der Waals surface area (Å²) < 4.78 is 11.7. The van der Waals surface area contributed by atoms with Gasteiger partial charge in [0.2, 0.25) is 5.89 Å². The molecule has 0 atom stereocenters. The number of para-hydroxylation sites is 1. The summed E-state index contributed by atoms with van der Waals surface area (Å²) in [6, 6.07) is 16.2. The number of aromatic nitrogens is 1. The van der Waals surface area contributed by atoms with Gasteiger partial charge in [-0.25, -0.2) is 4.98 Å². The third-order valence-corrected chi connectivity index (χ3v) is 4.83. The van der Waals surface area contributed by atoms with Crippen molar-refractivity contribution in [2.24, 2.45) is 0 Å². The third kappa shape index (κ3) is 4.23. The third-order valence-electron chi connectivity index (χ3n) is 4.83. The second kappa shape index (κ2) is 7.89. The fourth-order valence-corrected chi connectivity index (χ4v) is 3.32. The van der Waals surface area contributed by atoms with Gasteiger partial charge in [0, 0.05) is 32.7 Å². The topological polar surface area (TPSA) is 41.7 Å². The molecule has 0 unspecified atom stereocenters. The molecule has 4 rings (SSSR count). The smallest absolute Gasteiger partial charge is 0.209 e. The van der Waals surface area contributed by atoms with Gasteiger partial charge in [0.25, 0.3) is 0 Å². The first-order chi connectivity index (χ1) is 12.8. The van der Waals surface area contributed by atoms with E-state index in [9.17, 15) is 0 Å². The molecule has 5 heteroatoms. The Bertz CT molecular complexity index is 839. The number of fused-ring (bicyclic) bond motifs is 1. The second-order valence-corrected chi connectivity index (χ2v) is 6.86. The van der Waals surface area contributed by atoms with Crippen molar-refractivity contribution in [1.82, 2.24) is 14.8 Å². The van der Waals surface area contributed by atoms with E-state index in [1.807, 2.05) is 36.4 Å². The molecule has 136 valence electrons. The molecule has 0 N–H and O–H groups in total. The quantitative estimate of drug-likeness (QED) is 0.681. The highest BCUT2D eigenvalue weighted by Gasteiger charge is 2.18. The van der Waals surface area contributed by atoms with Crippen LogP contribution in [0.1, 0.15) is 11.5 Å². The van der Waals surface area contributed by atoms with E-state index in [2.05, 4.69) is 33.8 Å². The zero-order valence-corrected chi connectivity index (χ0v) is 15.2. The highest BCUT2D eigenvalue weighted by molar-refractivity contribution is 5.73. The van der Waals surface area contributed by atoms with Crippen molar-refractivity contribution in [1.29, 1.82) is 0 Å². The van der Waals surface area contributed by atoms with Gasteiger partial charge in [0.15, 0.2) is 5.58 Å². The molecular weight excluding hydrogens is 326 g/mol. The monoisotopic (exact) mass is 351 g/mol. The van der Waals surface area contributed by atoms with Crippen LogP contribution in [0.4, 0.5) is 0 Å². The van der Waals surface area contributed by atoms with Gasteiger partial charge in [-0.1, -0.05) is 24.3 Å². The van der Waals surface area contributed by atoms with E-state index in [4.69, 9.17) is 9.15 Å². The van der Waals surface area contributed by atoms with E-state index in [0.717, 1.165) is 68.6 Å². The van der Waals surface area contributed by atoms with Gasteiger partial charge in [-0.15, -0.1) is 0 Å². The van der Waals surface area contributed by atoms with Crippen LogP contribution in [0.15, 0.2) is 52.9 Å². The summed E-state index contributed by atoms with van der Waals surface area (Å²) in [7, 11) is 0. The summed E-state index contributed by atoms with van der Waals surface area (Å²) in [4.78, 5) is 9.49. The fourth-order valence-electron chi connectivity index (χ4n) is 3.32. The Balaban J connectivity index is 1.23. The number of hydrogen-bond acceptors (Lipinski definition) is 5. The Morgan fingerprint density at radius 3 is 2.58 bits per heavy atom. The van der Waals surface area contributed by atoms with Crippen LogP contribution in [0.3, 0.4) is 0 Å². The van der Waals surface area contributed by atoms with Gasteiger partial charge >= 0.3 is 0 Å². The maximum Gasteiger partial charge on any atom is 0.209 e. The number of benzene rings is 2. The number of nitrogens with zero attached hydrogens (tertiary/aromatic N) is 3. The second-order valence-electron chi connectivity index (χ2n) is 6.86. The maximum absolute atomic E-state index is 5.88. The van der Waals surface area contributed by atoms with Gasteiger partial charge in [-0.2, -0.15) is 0 Å². The first-order valence-electron chi connectivity index (χ1n) is 9.25. The lowest BCUT2D eigenvalue weighted by molar-refractivity contribution is 0.107. The molecule has 1 fully saturated rings. The number of rotatable bonds is 6. The van der Waals surface area contributed by atoms with Gasteiger partial charge in [-0.05, 0) is 36.8 Å². The van der Waals surface area contributed by atoms with Crippen LogP contribution < -0.4 is 4.74 Å². The van der Waals surface area contributed by atoms with E-state index in [0.29, 0.717) is 0 Å². The fraction of sp³-hybridized carbons (Fsp3) is 0.381. The van der Waals surface area contributed by atoms with Crippen molar-refractivity contribution in [2.75, 3.05) is 39.3 Å². The molecule has 26 heavy (non-hydrogen) atoms. The van der Waals surface area contributed by atoms with Crippen molar-refractivity contribution in [3.05, 3.63) is 60.0 Å². The molecule has 1 aliphatic rings. The van der Waals surface area contributed by atoms with Crippen molar-refractivity contribution in [3.63, 3.8) is 0 Å². The lowest BCUT2D eigenvalue weighted by atomic mass is 10.2. The van der Waals surface area contributed by atoms with E-state index in [1.54, 1.807) is 0 Å². The Morgan fingerprint density at radius 2 is 1.77 bits per heavy atom. The summed E-state index contributed by atoms with van der Waals surface area (Å²) >= 11 is 0. The molecular formula is C21H25N3O2. The van der Waals surface area contributed by atoms with Crippen LogP contribution in [0.2, 0.25) is 0 Å². The average molecular weight is 351 g/mol. The van der Waals surface area contributed by atoms with E-state index in [-0.39, 0.29) is 0 Å². The maximum atomic E-state index is 5.88. The molecule has 1 saturated heterocycles. The van der Waals surface area contributed by atoms with Gasteiger partial charge in [-0.3, -0.25) is 9.80 Å². The van der Waals surface area contributed by atoms with E-state index < -0.39 is 0 Å². The lowest BCUT2D eigenvalue weighted by Crippen LogP contribution is -2.47. The first-order valence-corrected chi connectivity index (χ1v) is 9.25. The summed E-state index contributed by atoms with van der Waals surface area (Å²) in [5.74, 6) is 1.75. The molecule has 0 spiro atoms.